The summed E-state index contributed by atoms with van der Waals surface area (Å²) in [5, 5.41) is 5.01. The minimum Gasteiger partial charge on any atom is -0.341 e. The summed E-state index contributed by atoms with van der Waals surface area (Å²) in [4.78, 5) is 47.4. The van der Waals surface area contributed by atoms with Crippen molar-refractivity contribution in [1.82, 2.24) is 14.8 Å². The Bertz CT molecular complexity index is 906. The number of aromatic nitrogens is 1. The standard InChI is InChI=1S/C19H22N4O3S2/c1-22(2)12-5-6-23(10-12)18(26)11-8-13-16(14(24)9-11)28-19(20-13)21-17(25)15-4-3-7-27-15/h3-4,7,11-12H,5-6,8-10H2,1-2H3,(H,20,21,25). The number of anilines is 1. The van der Waals surface area contributed by atoms with E-state index in [0.717, 1.165) is 13.0 Å². The summed E-state index contributed by atoms with van der Waals surface area (Å²) in [7, 11) is 4.05. The van der Waals surface area contributed by atoms with Crippen molar-refractivity contribution < 1.29 is 14.4 Å². The van der Waals surface area contributed by atoms with Gasteiger partial charge in [0.05, 0.1) is 21.4 Å². The molecule has 7 nitrogen and oxygen atoms in total. The van der Waals surface area contributed by atoms with Gasteiger partial charge in [-0.3, -0.25) is 19.7 Å². The fraction of sp³-hybridized carbons (Fsp3) is 0.474. The molecule has 1 aliphatic heterocycles. The van der Waals surface area contributed by atoms with Crippen molar-refractivity contribution in [2.45, 2.75) is 25.3 Å². The number of carbonyl (C=O) groups excluding carboxylic acids is 3. The Morgan fingerprint density at radius 1 is 1.32 bits per heavy atom. The molecule has 0 bridgehead atoms. The lowest BCUT2D eigenvalue weighted by molar-refractivity contribution is -0.134. The topological polar surface area (TPSA) is 82.6 Å². The monoisotopic (exact) mass is 418 g/mol. The van der Waals surface area contributed by atoms with E-state index in [2.05, 4.69) is 15.2 Å². The van der Waals surface area contributed by atoms with Crippen LogP contribution in [0.5, 0.6) is 0 Å². The minimum absolute atomic E-state index is 0.0421. The Morgan fingerprint density at radius 3 is 2.82 bits per heavy atom. The van der Waals surface area contributed by atoms with E-state index >= 15 is 0 Å². The number of carbonyl (C=O) groups is 3. The van der Waals surface area contributed by atoms with Crippen LogP contribution in [-0.2, 0) is 11.2 Å². The molecule has 3 heterocycles. The van der Waals surface area contributed by atoms with Crippen molar-refractivity contribution in [1.29, 1.82) is 0 Å². The van der Waals surface area contributed by atoms with E-state index in [-0.39, 0.29) is 29.9 Å². The second-order valence-corrected chi connectivity index (χ2v) is 9.39. The Balaban J connectivity index is 1.45. The molecule has 148 valence electrons. The number of likely N-dealkylation sites (tertiary alicyclic amines) is 1. The largest absolute Gasteiger partial charge is 0.341 e. The first-order chi connectivity index (χ1) is 13.4. The van der Waals surface area contributed by atoms with Crippen molar-refractivity contribution >= 4 is 45.4 Å². The van der Waals surface area contributed by atoms with Crippen molar-refractivity contribution in [2.24, 2.45) is 5.92 Å². The van der Waals surface area contributed by atoms with E-state index in [4.69, 9.17) is 0 Å². The molecule has 2 aromatic rings. The zero-order valence-corrected chi connectivity index (χ0v) is 17.4. The van der Waals surface area contributed by atoms with E-state index < -0.39 is 0 Å². The van der Waals surface area contributed by atoms with Crippen LogP contribution < -0.4 is 5.32 Å². The van der Waals surface area contributed by atoms with Crippen LogP contribution in [0.15, 0.2) is 17.5 Å². The average molecular weight is 419 g/mol. The summed E-state index contributed by atoms with van der Waals surface area (Å²) in [6, 6.07) is 3.92. The lowest BCUT2D eigenvalue weighted by Crippen LogP contribution is -2.40. The zero-order valence-electron chi connectivity index (χ0n) is 15.8. The first-order valence-corrected chi connectivity index (χ1v) is 10.9. The van der Waals surface area contributed by atoms with Gasteiger partial charge in [0, 0.05) is 32.0 Å². The maximum absolute atomic E-state index is 12.9. The summed E-state index contributed by atoms with van der Waals surface area (Å²) in [5.74, 6) is -0.602. The summed E-state index contributed by atoms with van der Waals surface area (Å²) in [6.45, 7) is 1.45. The highest BCUT2D eigenvalue weighted by atomic mass is 32.1. The molecule has 1 saturated heterocycles. The summed E-state index contributed by atoms with van der Waals surface area (Å²) in [5.41, 5.74) is 0.629. The normalized spacial score (nSPS) is 21.8. The SMILES string of the molecule is CN(C)C1CCN(C(=O)C2CC(=O)c3sc(NC(=O)c4cccs4)nc3C2)C1. The first kappa shape index (κ1) is 19.2. The molecule has 0 spiro atoms. The first-order valence-electron chi connectivity index (χ1n) is 9.25. The van der Waals surface area contributed by atoms with Gasteiger partial charge in [-0.15, -0.1) is 11.3 Å². The van der Waals surface area contributed by atoms with E-state index in [1.165, 1.54) is 22.7 Å². The number of fused-ring (bicyclic) bond motifs is 1. The van der Waals surface area contributed by atoms with Crippen LogP contribution in [0.1, 0.15) is 37.9 Å². The number of thiophene rings is 1. The molecule has 2 unspecified atom stereocenters. The molecule has 0 aromatic carbocycles. The molecule has 1 N–H and O–H groups in total. The van der Waals surface area contributed by atoms with Gasteiger partial charge >= 0.3 is 0 Å². The Kier molecular flexibility index (Phi) is 5.31. The lowest BCUT2D eigenvalue weighted by Gasteiger charge is -2.26. The number of rotatable bonds is 4. The quantitative estimate of drug-likeness (QED) is 0.824. The fourth-order valence-corrected chi connectivity index (χ4v) is 5.30. The maximum Gasteiger partial charge on any atom is 0.267 e. The maximum atomic E-state index is 12.9. The highest BCUT2D eigenvalue weighted by Gasteiger charge is 2.37. The number of ketones is 1. The van der Waals surface area contributed by atoms with Gasteiger partial charge in [-0.1, -0.05) is 17.4 Å². The molecule has 1 aliphatic carbocycles. The predicted molar refractivity (Wildman–Crippen MR) is 109 cm³/mol. The third kappa shape index (κ3) is 3.74. The molecule has 9 heteroatoms. The fourth-order valence-electron chi connectivity index (χ4n) is 3.75. The highest BCUT2D eigenvalue weighted by Crippen LogP contribution is 2.34. The lowest BCUT2D eigenvalue weighted by atomic mass is 9.89. The number of nitrogens with one attached hydrogen (secondary N) is 1. The van der Waals surface area contributed by atoms with Crippen LogP contribution in [0.4, 0.5) is 5.13 Å². The Hall–Kier alpha value is -2.10. The number of hydrogen-bond acceptors (Lipinski definition) is 7. The molecule has 2 atom stereocenters. The van der Waals surface area contributed by atoms with Crippen LogP contribution in [-0.4, -0.2) is 65.6 Å². The zero-order chi connectivity index (χ0) is 19.8. The number of likely N-dealkylation sites (N-methyl/N-ethyl adjacent to an activating group) is 1. The third-order valence-electron chi connectivity index (χ3n) is 5.34. The van der Waals surface area contributed by atoms with Gasteiger partial charge in [0.15, 0.2) is 10.9 Å². The molecule has 2 aliphatic rings. The highest BCUT2D eigenvalue weighted by molar-refractivity contribution is 7.18. The molecular weight excluding hydrogens is 396 g/mol. The van der Waals surface area contributed by atoms with Gasteiger partial charge in [-0.2, -0.15) is 0 Å². The van der Waals surface area contributed by atoms with Gasteiger partial charge < -0.3 is 9.80 Å². The number of nitrogens with zero attached hydrogens (tertiary/aromatic N) is 3. The molecule has 4 rings (SSSR count). The number of thiazole rings is 1. The molecule has 28 heavy (non-hydrogen) atoms. The Morgan fingerprint density at radius 2 is 2.14 bits per heavy atom. The van der Waals surface area contributed by atoms with Crippen molar-refractivity contribution in [3.63, 3.8) is 0 Å². The van der Waals surface area contributed by atoms with Crippen molar-refractivity contribution in [3.05, 3.63) is 33.0 Å². The van der Waals surface area contributed by atoms with Gasteiger partial charge in [0.25, 0.3) is 5.91 Å². The van der Waals surface area contributed by atoms with Crippen LogP contribution in [0.25, 0.3) is 0 Å². The summed E-state index contributed by atoms with van der Waals surface area (Å²) >= 11 is 2.55. The molecule has 0 saturated carbocycles. The molecule has 1 fully saturated rings. The van der Waals surface area contributed by atoms with Crippen LogP contribution in [0.3, 0.4) is 0 Å². The predicted octanol–water partition coefficient (Wildman–Crippen LogP) is 2.36. The summed E-state index contributed by atoms with van der Waals surface area (Å²) in [6.07, 6.45) is 1.63. The van der Waals surface area contributed by atoms with Gasteiger partial charge in [-0.25, -0.2) is 4.98 Å². The second kappa shape index (κ2) is 7.73. The molecular formula is C19H22N4O3S2. The second-order valence-electron chi connectivity index (χ2n) is 7.44. The van der Waals surface area contributed by atoms with E-state index in [0.29, 0.717) is 39.6 Å². The van der Waals surface area contributed by atoms with E-state index in [9.17, 15) is 14.4 Å². The van der Waals surface area contributed by atoms with Gasteiger partial charge in [0.1, 0.15) is 0 Å². The molecule has 0 radical (unpaired) electrons. The van der Waals surface area contributed by atoms with Gasteiger partial charge in [-0.05, 0) is 32.0 Å². The van der Waals surface area contributed by atoms with Crippen LogP contribution >= 0.6 is 22.7 Å². The van der Waals surface area contributed by atoms with Crippen LogP contribution in [0, 0.1) is 5.92 Å². The number of amides is 2. The molecule has 2 amide bonds. The van der Waals surface area contributed by atoms with Gasteiger partial charge in [0.2, 0.25) is 5.91 Å². The molecule has 2 aromatic heterocycles. The van der Waals surface area contributed by atoms with Crippen molar-refractivity contribution in [3.8, 4) is 0 Å². The smallest absolute Gasteiger partial charge is 0.267 e. The van der Waals surface area contributed by atoms with E-state index in [1.54, 1.807) is 6.07 Å². The minimum atomic E-state index is -0.358. The van der Waals surface area contributed by atoms with Crippen LogP contribution in [0.2, 0.25) is 0 Å². The average Bonchev–Trinajstić information content (AvgIpc) is 3.40. The number of Topliss-reactive ketones (excluding diaryl/α,β-unsaturated/α-hetero) is 1. The van der Waals surface area contributed by atoms with Crippen molar-refractivity contribution in [2.75, 3.05) is 32.5 Å². The third-order valence-corrected chi connectivity index (χ3v) is 7.26. The summed E-state index contributed by atoms with van der Waals surface area (Å²) < 4.78 is 0. The number of hydrogen-bond donors (Lipinski definition) is 1. The Labute approximate surface area is 171 Å². The van der Waals surface area contributed by atoms with E-state index in [1.807, 2.05) is 30.4 Å².